The van der Waals surface area contributed by atoms with Crippen molar-refractivity contribution in [2.45, 2.75) is 37.7 Å². The molecular weight excluding hydrogens is 214 g/mol. The molecule has 0 amide bonds. The van der Waals surface area contributed by atoms with E-state index in [-0.39, 0.29) is 18.3 Å². The molecule has 1 aliphatic carbocycles. The van der Waals surface area contributed by atoms with Crippen molar-refractivity contribution in [1.82, 2.24) is 5.32 Å². The molecule has 1 saturated carbocycles. The predicted molar refractivity (Wildman–Crippen MR) is 68.0 cm³/mol. The molecular formula is C14H21NO2. The van der Waals surface area contributed by atoms with Gasteiger partial charge in [-0.1, -0.05) is 30.3 Å². The number of hydrogen-bond donors (Lipinski definition) is 1. The van der Waals surface area contributed by atoms with Crippen molar-refractivity contribution >= 4 is 0 Å². The van der Waals surface area contributed by atoms with Crippen molar-refractivity contribution in [2.24, 2.45) is 0 Å². The number of rotatable bonds is 5. The Labute approximate surface area is 103 Å². The lowest BCUT2D eigenvalue weighted by molar-refractivity contribution is -0.153. The maximum Gasteiger partial charge on any atom is 0.0987 e. The fraction of sp³-hybridized carbons (Fsp3) is 0.571. The quantitative estimate of drug-likeness (QED) is 0.848. The van der Waals surface area contributed by atoms with E-state index in [4.69, 9.17) is 9.47 Å². The lowest BCUT2D eigenvalue weighted by atomic mass is 9.85. The number of ether oxygens (including phenoxy) is 2. The van der Waals surface area contributed by atoms with Gasteiger partial charge in [0.05, 0.1) is 18.3 Å². The molecule has 1 aromatic rings. The lowest BCUT2D eigenvalue weighted by Gasteiger charge is -2.44. The van der Waals surface area contributed by atoms with Crippen LogP contribution < -0.4 is 5.32 Å². The molecule has 0 aliphatic heterocycles. The van der Waals surface area contributed by atoms with Crippen molar-refractivity contribution in [3.8, 4) is 0 Å². The van der Waals surface area contributed by atoms with Crippen molar-refractivity contribution in [1.29, 1.82) is 0 Å². The second-order valence-corrected chi connectivity index (χ2v) is 4.56. The van der Waals surface area contributed by atoms with Crippen LogP contribution in [0, 0.1) is 0 Å². The van der Waals surface area contributed by atoms with Gasteiger partial charge in [0.25, 0.3) is 0 Å². The second kappa shape index (κ2) is 5.63. The van der Waals surface area contributed by atoms with Crippen LogP contribution in [-0.2, 0) is 9.47 Å². The molecule has 0 saturated heterocycles. The first-order valence-electron chi connectivity index (χ1n) is 6.16. The van der Waals surface area contributed by atoms with E-state index in [0.29, 0.717) is 6.04 Å². The zero-order valence-corrected chi connectivity index (χ0v) is 10.7. The summed E-state index contributed by atoms with van der Waals surface area (Å²) in [5.74, 6) is 0. The van der Waals surface area contributed by atoms with Gasteiger partial charge in [-0.3, -0.25) is 0 Å². The third kappa shape index (κ3) is 2.68. The fourth-order valence-corrected chi connectivity index (χ4v) is 2.38. The van der Waals surface area contributed by atoms with Gasteiger partial charge in [0.2, 0.25) is 0 Å². The van der Waals surface area contributed by atoms with Crippen LogP contribution in [-0.4, -0.2) is 32.4 Å². The molecule has 0 aromatic heterocycles. The van der Waals surface area contributed by atoms with Gasteiger partial charge in [0.1, 0.15) is 0 Å². The number of likely N-dealkylation sites (N-methyl/N-ethyl adjacent to an activating group) is 1. The van der Waals surface area contributed by atoms with Crippen LogP contribution in [0.25, 0.3) is 0 Å². The largest absolute Gasteiger partial charge is 0.377 e. The smallest absolute Gasteiger partial charge is 0.0987 e. The van der Waals surface area contributed by atoms with E-state index >= 15 is 0 Å². The third-order valence-corrected chi connectivity index (χ3v) is 3.54. The molecule has 0 bridgehead atoms. The normalized spacial score (nSPS) is 29.7. The third-order valence-electron chi connectivity index (χ3n) is 3.54. The van der Waals surface area contributed by atoms with Gasteiger partial charge < -0.3 is 14.8 Å². The molecule has 1 fully saturated rings. The summed E-state index contributed by atoms with van der Waals surface area (Å²) >= 11 is 0. The molecule has 3 heteroatoms. The van der Waals surface area contributed by atoms with Crippen molar-refractivity contribution in [3.05, 3.63) is 35.9 Å². The topological polar surface area (TPSA) is 30.5 Å². The summed E-state index contributed by atoms with van der Waals surface area (Å²) in [6.45, 7) is 2.09. The fourth-order valence-electron chi connectivity index (χ4n) is 2.38. The van der Waals surface area contributed by atoms with Crippen LogP contribution in [0.2, 0.25) is 0 Å². The highest BCUT2D eigenvalue weighted by atomic mass is 16.5. The van der Waals surface area contributed by atoms with Gasteiger partial charge in [0, 0.05) is 13.2 Å². The van der Waals surface area contributed by atoms with Gasteiger partial charge in [-0.25, -0.2) is 0 Å². The van der Waals surface area contributed by atoms with E-state index < -0.39 is 0 Å². The number of benzene rings is 1. The summed E-state index contributed by atoms with van der Waals surface area (Å²) in [7, 11) is 3.71. The summed E-state index contributed by atoms with van der Waals surface area (Å²) in [6, 6.07) is 10.7. The summed E-state index contributed by atoms with van der Waals surface area (Å²) in [6.07, 6.45) is 1.52. The number of hydrogen-bond acceptors (Lipinski definition) is 3. The standard InChI is InChI=1S/C14H21NO2/c1-10(11-7-5-4-6-8-11)17-13-9-12(15-2)14(13)16-3/h4-8,10,12-15H,9H2,1-3H3. The second-order valence-electron chi connectivity index (χ2n) is 4.56. The molecule has 4 unspecified atom stereocenters. The summed E-state index contributed by atoms with van der Waals surface area (Å²) < 4.78 is 11.5. The van der Waals surface area contributed by atoms with Crippen LogP contribution in [0.4, 0.5) is 0 Å². The monoisotopic (exact) mass is 235 g/mol. The van der Waals surface area contributed by atoms with Gasteiger partial charge >= 0.3 is 0 Å². The zero-order chi connectivity index (χ0) is 12.3. The first kappa shape index (κ1) is 12.6. The maximum atomic E-state index is 6.04. The van der Waals surface area contributed by atoms with Crippen molar-refractivity contribution in [2.75, 3.05) is 14.2 Å². The minimum absolute atomic E-state index is 0.122. The molecule has 1 aromatic carbocycles. The highest BCUT2D eigenvalue weighted by molar-refractivity contribution is 5.17. The summed E-state index contributed by atoms with van der Waals surface area (Å²) in [5, 5.41) is 3.24. The highest BCUT2D eigenvalue weighted by Crippen LogP contribution is 2.31. The van der Waals surface area contributed by atoms with E-state index in [9.17, 15) is 0 Å². The Balaban J connectivity index is 1.90. The lowest BCUT2D eigenvalue weighted by Crippen LogP contribution is -2.59. The molecule has 17 heavy (non-hydrogen) atoms. The number of nitrogens with one attached hydrogen (secondary N) is 1. The van der Waals surface area contributed by atoms with E-state index in [2.05, 4.69) is 24.4 Å². The van der Waals surface area contributed by atoms with Gasteiger partial charge in [0.15, 0.2) is 0 Å². The minimum atomic E-state index is 0.122. The Morgan fingerprint density at radius 1 is 1.29 bits per heavy atom. The zero-order valence-electron chi connectivity index (χ0n) is 10.7. The summed E-state index contributed by atoms with van der Waals surface area (Å²) in [4.78, 5) is 0. The SMILES string of the molecule is CNC1CC(OC(C)c2ccccc2)C1OC. The number of methoxy groups -OCH3 is 1. The maximum absolute atomic E-state index is 6.04. The van der Waals surface area contributed by atoms with E-state index in [1.165, 1.54) is 5.56 Å². The average Bonchev–Trinajstić information content (AvgIpc) is 2.35. The van der Waals surface area contributed by atoms with Crippen LogP contribution in [0.3, 0.4) is 0 Å². The molecule has 1 N–H and O–H groups in total. The first-order valence-corrected chi connectivity index (χ1v) is 6.16. The van der Waals surface area contributed by atoms with Crippen LogP contribution >= 0.6 is 0 Å². The van der Waals surface area contributed by atoms with Crippen LogP contribution in [0.15, 0.2) is 30.3 Å². The minimum Gasteiger partial charge on any atom is -0.377 e. The Morgan fingerprint density at radius 2 is 2.00 bits per heavy atom. The molecule has 0 heterocycles. The Hall–Kier alpha value is -0.900. The van der Waals surface area contributed by atoms with Crippen molar-refractivity contribution < 1.29 is 9.47 Å². The van der Waals surface area contributed by atoms with E-state index in [1.54, 1.807) is 7.11 Å². The predicted octanol–water partition coefficient (Wildman–Crippen LogP) is 2.14. The molecule has 2 rings (SSSR count). The van der Waals surface area contributed by atoms with Gasteiger partial charge in [-0.2, -0.15) is 0 Å². The Bertz CT molecular complexity index is 341. The van der Waals surface area contributed by atoms with E-state index in [1.807, 2.05) is 25.2 Å². The first-order chi connectivity index (χ1) is 8.26. The Kier molecular flexibility index (Phi) is 4.15. The molecule has 4 atom stereocenters. The average molecular weight is 235 g/mol. The van der Waals surface area contributed by atoms with Crippen LogP contribution in [0.1, 0.15) is 25.0 Å². The summed E-state index contributed by atoms with van der Waals surface area (Å²) in [5.41, 5.74) is 1.22. The Morgan fingerprint density at radius 3 is 2.59 bits per heavy atom. The van der Waals surface area contributed by atoms with Gasteiger partial charge in [-0.15, -0.1) is 0 Å². The molecule has 3 nitrogen and oxygen atoms in total. The molecule has 1 aliphatic rings. The van der Waals surface area contributed by atoms with Gasteiger partial charge in [-0.05, 0) is 26.0 Å². The molecule has 0 radical (unpaired) electrons. The van der Waals surface area contributed by atoms with E-state index in [0.717, 1.165) is 6.42 Å². The van der Waals surface area contributed by atoms with Crippen LogP contribution in [0.5, 0.6) is 0 Å². The molecule has 94 valence electrons. The highest BCUT2D eigenvalue weighted by Gasteiger charge is 2.42. The van der Waals surface area contributed by atoms with Crippen molar-refractivity contribution in [3.63, 3.8) is 0 Å². The molecule has 0 spiro atoms.